The highest BCUT2D eigenvalue weighted by atomic mass is 15.1. The molecule has 1 nitrogen and oxygen atoms in total. The van der Waals surface area contributed by atoms with E-state index in [-0.39, 0.29) is 16.2 Å². The zero-order chi connectivity index (χ0) is 58.9. The quantitative estimate of drug-likeness (QED) is 0.144. The van der Waals surface area contributed by atoms with Crippen molar-refractivity contribution < 1.29 is 0 Å². The predicted octanol–water partition coefficient (Wildman–Crippen LogP) is 22.7. The molecule has 13 aromatic carbocycles. The molecule has 0 bridgehead atoms. The summed E-state index contributed by atoms with van der Waals surface area (Å²) in [5.74, 6) is 0. The summed E-state index contributed by atoms with van der Waals surface area (Å²) in [5, 5.41) is 5.01. The zero-order valence-corrected chi connectivity index (χ0v) is 50.8. The molecule has 0 atom stereocenters. The number of fused-ring (bicyclic) bond motifs is 14. The van der Waals surface area contributed by atoms with E-state index in [2.05, 4.69) is 321 Å². The smallest absolute Gasteiger partial charge is 0.0713 e. The SMILES string of the molecule is Cc1ccc2c(c1)C(C)(C)c1cc(N(c3ccc4c(c3)C(C)(C)c3cc(C)ccc3-4)c3ccc4c(c3)C(C)(C)c3cc(-c5c6ccccc6c(-c6ccc7c(c6)C(c6ccccc6)(c6ccccc6)c6ccccc6-7)c6ccccc56)ccc3-4)ccc1-2. The summed E-state index contributed by atoms with van der Waals surface area (Å²) in [6.07, 6.45) is 0. The first-order chi connectivity index (χ1) is 42.2. The highest BCUT2D eigenvalue weighted by Gasteiger charge is 2.47. The lowest BCUT2D eigenvalue weighted by atomic mass is 9.67. The highest BCUT2D eigenvalue weighted by Crippen LogP contribution is 2.60. The third-order valence-corrected chi connectivity index (χ3v) is 21.0. The fraction of sp³-hybridized carbons (Fsp3) is 0.140. The normalized spacial score (nSPS) is 15.3. The summed E-state index contributed by atoms with van der Waals surface area (Å²) in [4.78, 5) is 2.54. The van der Waals surface area contributed by atoms with Gasteiger partial charge >= 0.3 is 0 Å². The van der Waals surface area contributed by atoms with Gasteiger partial charge in [0, 0.05) is 33.3 Å². The molecule has 0 saturated heterocycles. The van der Waals surface area contributed by atoms with Crippen LogP contribution < -0.4 is 4.90 Å². The van der Waals surface area contributed by atoms with E-state index in [1.165, 1.54) is 166 Å². The molecular weight excluding hydrogens is 1050 g/mol. The lowest BCUT2D eigenvalue weighted by molar-refractivity contribution is 0.659. The molecule has 0 heterocycles. The molecular formula is C86H67N. The van der Waals surface area contributed by atoms with Crippen molar-refractivity contribution in [3.8, 4) is 66.8 Å². The van der Waals surface area contributed by atoms with Crippen LogP contribution in [-0.2, 0) is 21.7 Å². The molecule has 0 aromatic heterocycles. The fourth-order valence-electron chi connectivity index (χ4n) is 16.8. The van der Waals surface area contributed by atoms with Crippen LogP contribution in [0.4, 0.5) is 17.1 Å². The van der Waals surface area contributed by atoms with Gasteiger partial charge in [-0.15, -0.1) is 0 Å². The Labute approximate surface area is 511 Å². The molecule has 416 valence electrons. The summed E-state index contributed by atoms with van der Waals surface area (Å²) >= 11 is 0. The summed E-state index contributed by atoms with van der Waals surface area (Å²) < 4.78 is 0. The molecule has 17 rings (SSSR count). The lowest BCUT2D eigenvalue weighted by Crippen LogP contribution is -2.28. The number of benzene rings is 13. The van der Waals surface area contributed by atoms with E-state index in [1.54, 1.807) is 0 Å². The number of nitrogens with zero attached hydrogens (tertiary/aromatic N) is 1. The van der Waals surface area contributed by atoms with Crippen LogP contribution in [0.2, 0.25) is 0 Å². The van der Waals surface area contributed by atoms with Crippen LogP contribution in [-0.4, -0.2) is 0 Å². The van der Waals surface area contributed by atoms with Gasteiger partial charge in [-0.3, -0.25) is 0 Å². The van der Waals surface area contributed by atoms with Crippen LogP contribution in [0.3, 0.4) is 0 Å². The summed E-state index contributed by atoms with van der Waals surface area (Å²) in [6, 6.07) is 100. The fourth-order valence-corrected chi connectivity index (χ4v) is 16.8. The Morgan fingerprint density at radius 3 is 0.954 bits per heavy atom. The first-order valence-electron chi connectivity index (χ1n) is 31.1. The lowest BCUT2D eigenvalue weighted by Gasteiger charge is -2.34. The Hall–Kier alpha value is -9.82. The Balaban J connectivity index is 0.805. The van der Waals surface area contributed by atoms with E-state index in [9.17, 15) is 0 Å². The number of anilines is 3. The Morgan fingerprint density at radius 1 is 0.241 bits per heavy atom. The third kappa shape index (κ3) is 7.15. The van der Waals surface area contributed by atoms with Crippen molar-refractivity contribution in [1.29, 1.82) is 0 Å². The molecule has 0 fully saturated rings. The van der Waals surface area contributed by atoms with Gasteiger partial charge in [0.05, 0.1) is 5.41 Å². The van der Waals surface area contributed by atoms with Gasteiger partial charge in [0.1, 0.15) is 0 Å². The van der Waals surface area contributed by atoms with Gasteiger partial charge < -0.3 is 4.90 Å². The van der Waals surface area contributed by atoms with Crippen LogP contribution >= 0.6 is 0 Å². The molecule has 87 heavy (non-hydrogen) atoms. The molecule has 4 aliphatic rings. The van der Waals surface area contributed by atoms with Crippen LogP contribution in [0, 0.1) is 13.8 Å². The maximum absolute atomic E-state index is 2.54. The van der Waals surface area contributed by atoms with Gasteiger partial charge in [-0.05, 0) is 206 Å². The van der Waals surface area contributed by atoms with E-state index in [4.69, 9.17) is 0 Å². The van der Waals surface area contributed by atoms with Crippen molar-refractivity contribution in [2.75, 3.05) is 4.90 Å². The average Bonchev–Trinajstić information content (AvgIpc) is 1.67. The first kappa shape index (κ1) is 51.6. The van der Waals surface area contributed by atoms with E-state index in [1.807, 2.05) is 0 Å². The van der Waals surface area contributed by atoms with Crippen LogP contribution in [0.15, 0.2) is 261 Å². The second-order valence-electron chi connectivity index (χ2n) is 26.9. The van der Waals surface area contributed by atoms with Gasteiger partial charge in [0.15, 0.2) is 0 Å². The van der Waals surface area contributed by atoms with Gasteiger partial charge in [0.2, 0.25) is 0 Å². The summed E-state index contributed by atoms with van der Waals surface area (Å²) in [5.41, 5.74) is 34.0. The van der Waals surface area contributed by atoms with Crippen LogP contribution in [0.5, 0.6) is 0 Å². The van der Waals surface area contributed by atoms with E-state index in [0.29, 0.717) is 0 Å². The monoisotopic (exact) mass is 1110 g/mol. The number of aryl methyl sites for hydroxylation is 2. The largest absolute Gasteiger partial charge is 0.310 e. The van der Waals surface area contributed by atoms with Crippen LogP contribution in [0.1, 0.15) is 108 Å². The molecule has 0 radical (unpaired) electrons. The van der Waals surface area contributed by atoms with Crippen molar-refractivity contribution in [2.24, 2.45) is 0 Å². The molecule has 0 N–H and O–H groups in total. The minimum absolute atomic E-state index is 0.152. The molecule has 13 aromatic rings. The molecule has 0 unspecified atom stereocenters. The first-order valence-corrected chi connectivity index (χ1v) is 31.1. The van der Waals surface area contributed by atoms with Gasteiger partial charge in [0.25, 0.3) is 0 Å². The van der Waals surface area contributed by atoms with Crippen molar-refractivity contribution in [2.45, 2.75) is 77.0 Å². The van der Waals surface area contributed by atoms with Crippen LogP contribution in [0.25, 0.3) is 88.3 Å². The standard InChI is InChI=1S/C86H67N/c1-52-31-38-62-65-42-35-58(49-77(65)83(3,4)74(62)45-52)87(59-36-43-66-63-39-32-53(2)46-75(63)84(5,6)78(66)50-59)60-37-44-67-64-40-33-54(47-76(64)85(7,8)79(67)51-60)81-69-26-15-17-28-71(69)82(72-29-18-16-27-70(72)81)55-34-41-68-61-25-19-20-30-73(61)86(80(68)48-55,56-21-11-9-12-22-56)57-23-13-10-14-24-57/h9-51H,1-8H3. The second-order valence-corrected chi connectivity index (χ2v) is 26.9. The predicted molar refractivity (Wildman–Crippen MR) is 366 cm³/mol. The molecule has 4 aliphatic carbocycles. The maximum Gasteiger partial charge on any atom is 0.0713 e. The number of hydrogen-bond acceptors (Lipinski definition) is 1. The minimum Gasteiger partial charge on any atom is -0.310 e. The maximum atomic E-state index is 2.54. The molecule has 0 saturated carbocycles. The third-order valence-electron chi connectivity index (χ3n) is 21.0. The second kappa shape index (κ2) is 18.4. The highest BCUT2D eigenvalue weighted by molar-refractivity contribution is 6.21. The Kier molecular flexibility index (Phi) is 10.9. The Morgan fingerprint density at radius 2 is 0.540 bits per heavy atom. The molecule has 1 heteroatoms. The average molecular weight is 1110 g/mol. The number of rotatable bonds is 7. The number of hydrogen-bond donors (Lipinski definition) is 0. The van der Waals surface area contributed by atoms with E-state index < -0.39 is 5.41 Å². The zero-order valence-electron chi connectivity index (χ0n) is 50.8. The summed E-state index contributed by atoms with van der Waals surface area (Å²) in [6.45, 7) is 18.9. The van der Waals surface area contributed by atoms with Gasteiger partial charge in [-0.1, -0.05) is 265 Å². The van der Waals surface area contributed by atoms with Crippen molar-refractivity contribution in [3.05, 3.63) is 328 Å². The van der Waals surface area contributed by atoms with E-state index >= 15 is 0 Å². The molecule has 0 amide bonds. The van der Waals surface area contributed by atoms with E-state index in [0.717, 1.165) is 5.69 Å². The Bertz CT molecular complexity index is 4880. The summed E-state index contributed by atoms with van der Waals surface area (Å²) in [7, 11) is 0. The van der Waals surface area contributed by atoms with Crippen molar-refractivity contribution in [1.82, 2.24) is 0 Å². The van der Waals surface area contributed by atoms with Crippen molar-refractivity contribution >= 4 is 38.6 Å². The topological polar surface area (TPSA) is 3.24 Å². The van der Waals surface area contributed by atoms with Gasteiger partial charge in [-0.2, -0.15) is 0 Å². The van der Waals surface area contributed by atoms with Crippen molar-refractivity contribution in [3.63, 3.8) is 0 Å². The molecule has 0 spiro atoms. The minimum atomic E-state index is -0.500. The molecule has 0 aliphatic heterocycles. The van der Waals surface area contributed by atoms with Gasteiger partial charge in [-0.25, -0.2) is 0 Å².